The van der Waals surface area contributed by atoms with Crippen molar-refractivity contribution >= 4 is 38.7 Å². The molecule has 0 atom stereocenters. The van der Waals surface area contributed by atoms with Gasteiger partial charge in [-0.3, -0.25) is 4.57 Å². The Morgan fingerprint density at radius 1 is 1.30 bits per heavy atom. The maximum absolute atomic E-state index is 5.91. The van der Waals surface area contributed by atoms with Crippen molar-refractivity contribution < 1.29 is 0 Å². The molecule has 0 radical (unpaired) electrons. The second-order valence-electron chi connectivity index (χ2n) is 4.58. The highest BCUT2D eigenvalue weighted by Gasteiger charge is 2.14. The molecule has 3 nitrogen and oxygen atoms in total. The van der Waals surface area contributed by atoms with E-state index >= 15 is 0 Å². The summed E-state index contributed by atoms with van der Waals surface area (Å²) < 4.78 is 3.16. The Labute approximate surface area is 130 Å². The van der Waals surface area contributed by atoms with Crippen LogP contribution in [-0.2, 0) is 6.42 Å². The van der Waals surface area contributed by atoms with Gasteiger partial charge in [0.25, 0.3) is 0 Å². The quantitative estimate of drug-likeness (QED) is 0.660. The van der Waals surface area contributed by atoms with E-state index in [2.05, 4.69) is 49.5 Å². The molecule has 2 heterocycles. The minimum Gasteiger partial charge on any atom is -0.280 e. The average molecular weight is 351 g/mol. The van der Waals surface area contributed by atoms with Crippen molar-refractivity contribution in [2.45, 2.75) is 13.3 Å². The fourth-order valence-corrected chi connectivity index (χ4v) is 2.98. The van der Waals surface area contributed by atoms with Crippen molar-refractivity contribution in [3.8, 4) is 5.69 Å². The molecule has 0 aliphatic rings. The van der Waals surface area contributed by atoms with Crippen molar-refractivity contribution in [2.75, 3.05) is 5.88 Å². The van der Waals surface area contributed by atoms with Gasteiger partial charge in [0.15, 0.2) is 5.65 Å². The first kappa shape index (κ1) is 13.6. The number of aromatic nitrogens is 3. The Bertz CT molecular complexity index is 767. The van der Waals surface area contributed by atoms with E-state index in [9.17, 15) is 0 Å². The van der Waals surface area contributed by atoms with Crippen LogP contribution in [0.1, 0.15) is 11.4 Å². The number of benzene rings is 1. The van der Waals surface area contributed by atoms with Gasteiger partial charge in [-0.25, -0.2) is 9.97 Å². The fourth-order valence-electron chi connectivity index (χ4n) is 2.33. The van der Waals surface area contributed by atoms with E-state index in [0.29, 0.717) is 12.3 Å². The van der Waals surface area contributed by atoms with Gasteiger partial charge >= 0.3 is 0 Å². The van der Waals surface area contributed by atoms with E-state index in [1.54, 1.807) is 6.20 Å². The summed E-state index contributed by atoms with van der Waals surface area (Å²) in [4.78, 5) is 9.12. The molecule has 102 valence electrons. The molecular formula is C15H13BrClN3. The zero-order chi connectivity index (χ0) is 14.1. The molecule has 0 bridgehead atoms. The van der Waals surface area contributed by atoms with Gasteiger partial charge in [0.1, 0.15) is 11.3 Å². The Kier molecular flexibility index (Phi) is 3.76. The summed E-state index contributed by atoms with van der Waals surface area (Å²) in [6.45, 7) is 2.08. The molecule has 0 saturated carbocycles. The fraction of sp³-hybridized carbons (Fsp3) is 0.200. The normalized spacial score (nSPS) is 11.2. The van der Waals surface area contributed by atoms with Gasteiger partial charge in [0, 0.05) is 23.0 Å². The van der Waals surface area contributed by atoms with E-state index in [4.69, 9.17) is 11.6 Å². The van der Waals surface area contributed by atoms with Gasteiger partial charge in [0.2, 0.25) is 0 Å². The van der Waals surface area contributed by atoms with Crippen molar-refractivity contribution in [1.29, 1.82) is 0 Å². The lowest BCUT2D eigenvalue weighted by molar-refractivity contribution is 0.899. The second kappa shape index (κ2) is 5.54. The summed E-state index contributed by atoms with van der Waals surface area (Å²) in [6, 6.07) is 10.1. The molecule has 0 aliphatic heterocycles. The Morgan fingerprint density at radius 2 is 2.15 bits per heavy atom. The molecule has 0 aliphatic carbocycles. The van der Waals surface area contributed by atoms with Crippen LogP contribution in [0.4, 0.5) is 0 Å². The predicted octanol–water partition coefficient (Wildman–Crippen LogP) is 4.27. The third kappa shape index (κ3) is 2.34. The molecule has 5 heteroatoms. The summed E-state index contributed by atoms with van der Waals surface area (Å²) in [5, 5.41) is 0. The minimum atomic E-state index is 0.541. The largest absolute Gasteiger partial charge is 0.280 e. The Morgan fingerprint density at radius 3 is 2.90 bits per heavy atom. The number of halogens is 2. The molecule has 0 saturated heterocycles. The number of imidazole rings is 1. The lowest BCUT2D eigenvalue weighted by Crippen LogP contribution is -2.04. The van der Waals surface area contributed by atoms with Gasteiger partial charge in [-0.05, 0) is 42.8 Å². The van der Waals surface area contributed by atoms with E-state index in [1.165, 1.54) is 5.56 Å². The highest BCUT2D eigenvalue weighted by atomic mass is 79.9. The molecule has 0 N–H and O–H groups in total. The van der Waals surface area contributed by atoms with Crippen LogP contribution in [-0.4, -0.2) is 20.4 Å². The number of nitrogens with zero attached hydrogens (tertiary/aromatic N) is 3. The van der Waals surface area contributed by atoms with Gasteiger partial charge < -0.3 is 0 Å². The standard InChI is InChI=1S/C15H13BrClN3/c1-10-9-11(16)4-5-13(10)20-14(6-7-17)19-12-3-2-8-18-15(12)20/h2-5,8-9H,6-7H2,1H3. The highest BCUT2D eigenvalue weighted by Crippen LogP contribution is 2.25. The predicted molar refractivity (Wildman–Crippen MR) is 85.7 cm³/mol. The zero-order valence-electron chi connectivity index (χ0n) is 11.0. The summed E-state index contributed by atoms with van der Waals surface area (Å²) >= 11 is 9.40. The molecule has 0 fully saturated rings. The van der Waals surface area contributed by atoms with Gasteiger partial charge in [-0.2, -0.15) is 0 Å². The van der Waals surface area contributed by atoms with Crippen molar-refractivity contribution in [3.05, 3.63) is 52.4 Å². The summed E-state index contributed by atoms with van der Waals surface area (Å²) in [5.41, 5.74) is 4.03. The van der Waals surface area contributed by atoms with Crippen LogP contribution in [0.2, 0.25) is 0 Å². The maximum atomic E-state index is 5.91. The number of alkyl halides is 1. The third-order valence-corrected chi connectivity index (χ3v) is 3.89. The molecule has 3 rings (SSSR count). The van der Waals surface area contributed by atoms with E-state index in [0.717, 1.165) is 27.1 Å². The zero-order valence-corrected chi connectivity index (χ0v) is 13.3. The first-order valence-electron chi connectivity index (χ1n) is 6.35. The van der Waals surface area contributed by atoms with Crippen LogP contribution in [0.5, 0.6) is 0 Å². The van der Waals surface area contributed by atoms with Crippen LogP contribution in [0, 0.1) is 6.92 Å². The number of hydrogen-bond acceptors (Lipinski definition) is 2. The number of rotatable bonds is 3. The van der Waals surface area contributed by atoms with E-state index < -0.39 is 0 Å². The van der Waals surface area contributed by atoms with Crippen molar-refractivity contribution in [1.82, 2.24) is 14.5 Å². The summed E-state index contributed by atoms with van der Waals surface area (Å²) in [6.07, 6.45) is 2.51. The highest BCUT2D eigenvalue weighted by molar-refractivity contribution is 9.10. The first-order valence-corrected chi connectivity index (χ1v) is 7.68. The molecule has 1 aromatic carbocycles. The van der Waals surface area contributed by atoms with E-state index in [-0.39, 0.29) is 0 Å². The molecule has 20 heavy (non-hydrogen) atoms. The summed E-state index contributed by atoms with van der Waals surface area (Å²) in [5.74, 6) is 1.48. The number of pyridine rings is 1. The number of aryl methyl sites for hydroxylation is 2. The first-order chi connectivity index (χ1) is 9.70. The molecule has 3 aromatic rings. The van der Waals surface area contributed by atoms with Crippen LogP contribution < -0.4 is 0 Å². The molecular weight excluding hydrogens is 338 g/mol. The molecule has 2 aromatic heterocycles. The van der Waals surface area contributed by atoms with Gasteiger partial charge in [-0.15, -0.1) is 11.6 Å². The number of fused-ring (bicyclic) bond motifs is 1. The van der Waals surface area contributed by atoms with E-state index in [1.807, 2.05) is 18.2 Å². The van der Waals surface area contributed by atoms with Gasteiger partial charge in [0.05, 0.1) is 5.69 Å². The minimum absolute atomic E-state index is 0.541. The van der Waals surface area contributed by atoms with Crippen LogP contribution in [0.25, 0.3) is 16.9 Å². The molecule has 0 amide bonds. The van der Waals surface area contributed by atoms with Crippen LogP contribution in [0.15, 0.2) is 41.0 Å². The lowest BCUT2D eigenvalue weighted by Gasteiger charge is -2.11. The van der Waals surface area contributed by atoms with Crippen LogP contribution >= 0.6 is 27.5 Å². The lowest BCUT2D eigenvalue weighted by atomic mass is 10.2. The van der Waals surface area contributed by atoms with Crippen LogP contribution in [0.3, 0.4) is 0 Å². The summed E-state index contributed by atoms with van der Waals surface area (Å²) in [7, 11) is 0. The Balaban J connectivity index is 2.30. The van der Waals surface area contributed by atoms with Crippen molar-refractivity contribution in [2.24, 2.45) is 0 Å². The number of hydrogen-bond donors (Lipinski definition) is 0. The monoisotopic (exact) mass is 349 g/mol. The molecule has 0 unspecified atom stereocenters. The SMILES string of the molecule is Cc1cc(Br)ccc1-n1c(CCCl)nc2cccnc21. The van der Waals surface area contributed by atoms with Gasteiger partial charge in [-0.1, -0.05) is 15.9 Å². The smallest absolute Gasteiger partial charge is 0.164 e. The molecule has 0 spiro atoms. The van der Waals surface area contributed by atoms with Crippen molar-refractivity contribution in [3.63, 3.8) is 0 Å². The Hall–Kier alpha value is -1.39. The third-order valence-electron chi connectivity index (χ3n) is 3.20. The maximum Gasteiger partial charge on any atom is 0.164 e. The topological polar surface area (TPSA) is 30.7 Å². The average Bonchev–Trinajstić information content (AvgIpc) is 2.78. The second-order valence-corrected chi connectivity index (χ2v) is 5.87.